The molecule has 9 heteroatoms. The van der Waals surface area contributed by atoms with E-state index < -0.39 is 0 Å². The van der Waals surface area contributed by atoms with Crippen LogP contribution in [0.15, 0.2) is 0 Å². The van der Waals surface area contributed by atoms with E-state index in [-0.39, 0.29) is 61.3 Å². The van der Waals surface area contributed by atoms with E-state index in [1.165, 1.54) is 0 Å². The minimum Gasteiger partial charge on any atom is -1.00 e. The van der Waals surface area contributed by atoms with Gasteiger partial charge in [0.05, 0.1) is 0 Å². The van der Waals surface area contributed by atoms with Gasteiger partial charge in [-0.1, -0.05) is 0 Å². The number of hydrogen-bond donors (Lipinski definition) is 0. The van der Waals surface area contributed by atoms with E-state index in [2.05, 4.69) is 0 Å². The van der Waals surface area contributed by atoms with Crippen molar-refractivity contribution in [1.82, 2.24) is 0 Å². The van der Waals surface area contributed by atoms with Crippen molar-refractivity contribution in [3.8, 4) is 0 Å². The molecule has 0 aliphatic heterocycles. The van der Waals surface area contributed by atoms with Gasteiger partial charge in [0.1, 0.15) is 0 Å². The van der Waals surface area contributed by atoms with Gasteiger partial charge in [0.25, 0.3) is 0 Å². The molecule has 0 bridgehead atoms. The van der Waals surface area contributed by atoms with Gasteiger partial charge in [-0.2, -0.15) is 0 Å². The summed E-state index contributed by atoms with van der Waals surface area (Å²) in [4.78, 5) is 0. The average Bonchev–Trinajstić information content (AvgIpc) is 0. The Kier molecular flexibility index (Phi) is 6750000. The van der Waals surface area contributed by atoms with E-state index in [1.54, 1.807) is 0 Å². The Hall–Kier alpha value is 0.259. The van der Waals surface area contributed by atoms with Gasteiger partial charge >= 0.3 is 28.3 Å². The SMILES string of the molecule is [Al+3].[F-].[F-].[F-].[F-].[F-].[F-].[F-].[Si+4]. The fraction of sp³-hybridized carbons (Fsp3) is 0. The first-order valence-corrected chi connectivity index (χ1v) is 0. The first-order valence-electron chi connectivity index (χ1n) is 0. The van der Waals surface area contributed by atoms with Gasteiger partial charge in [-0.3, -0.25) is 0 Å². The molecule has 0 rings (SSSR count). The van der Waals surface area contributed by atoms with Gasteiger partial charge in [0.15, 0.2) is 0 Å². The van der Waals surface area contributed by atoms with E-state index in [0.29, 0.717) is 0 Å². The molecule has 56 valence electrons. The van der Waals surface area contributed by atoms with Crippen molar-refractivity contribution >= 4 is 28.3 Å². The van der Waals surface area contributed by atoms with Gasteiger partial charge in [-0.05, 0) is 0 Å². The maximum atomic E-state index is 0. The Bertz CT molecular complexity index is 8.88. The molecule has 0 N–H and O–H groups in total. The van der Waals surface area contributed by atoms with Crippen LogP contribution in [0, 0.1) is 0 Å². The van der Waals surface area contributed by atoms with Crippen LogP contribution in [0.1, 0.15) is 0 Å². The van der Waals surface area contributed by atoms with Crippen molar-refractivity contribution in [2.45, 2.75) is 0 Å². The number of halogens is 7. The standard InChI is InChI=1S/Al.7FH.Si/h;7*1H;/q+3;;;;;;;;+4/p-7. The molecule has 0 aliphatic carbocycles. The van der Waals surface area contributed by atoms with Crippen molar-refractivity contribution in [3.63, 3.8) is 0 Å². The third-order valence-corrected chi connectivity index (χ3v) is 0. The van der Waals surface area contributed by atoms with E-state index in [1.807, 2.05) is 0 Å². The summed E-state index contributed by atoms with van der Waals surface area (Å²) in [6, 6.07) is 0. The molecule has 0 aromatic rings. The summed E-state index contributed by atoms with van der Waals surface area (Å²) >= 11 is 0. The van der Waals surface area contributed by atoms with Gasteiger partial charge in [-0.25, -0.2) is 0 Å². The van der Waals surface area contributed by atoms with Crippen LogP contribution in [-0.2, 0) is 0 Å². The van der Waals surface area contributed by atoms with Gasteiger partial charge < -0.3 is 32.9 Å². The Morgan fingerprint density at radius 1 is 0.333 bits per heavy atom. The molecule has 0 heterocycles. The van der Waals surface area contributed by atoms with E-state index >= 15 is 0 Å². The summed E-state index contributed by atoms with van der Waals surface area (Å²) in [7, 11) is 0. The second-order valence-corrected chi connectivity index (χ2v) is 0. The van der Waals surface area contributed by atoms with Crippen LogP contribution in [-0.4, -0.2) is 28.3 Å². The summed E-state index contributed by atoms with van der Waals surface area (Å²) in [5.74, 6) is 0. The van der Waals surface area contributed by atoms with Crippen molar-refractivity contribution < 1.29 is 32.9 Å². The average molecular weight is 188 g/mol. The quantitative estimate of drug-likeness (QED) is 0.261. The number of hydrogen-bond acceptors (Lipinski definition) is 0. The fourth-order valence-corrected chi connectivity index (χ4v) is 0. The molecule has 0 nitrogen and oxygen atoms in total. The fourth-order valence-electron chi connectivity index (χ4n) is 0. The molecular formula is AlF7Si. The summed E-state index contributed by atoms with van der Waals surface area (Å²) in [6.07, 6.45) is 0. The van der Waals surface area contributed by atoms with Crippen LogP contribution in [0.2, 0.25) is 0 Å². The summed E-state index contributed by atoms with van der Waals surface area (Å²) in [5.41, 5.74) is 0. The van der Waals surface area contributed by atoms with Crippen LogP contribution in [0.3, 0.4) is 0 Å². The summed E-state index contributed by atoms with van der Waals surface area (Å²) in [6.45, 7) is 0. The van der Waals surface area contributed by atoms with Crippen molar-refractivity contribution in [1.29, 1.82) is 0 Å². The van der Waals surface area contributed by atoms with E-state index in [0.717, 1.165) is 0 Å². The molecule has 0 fully saturated rings. The Labute approximate surface area is 62.1 Å². The molecular weight excluding hydrogens is 188 g/mol. The first kappa shape index (κ1) is 9390. The smallest absolute Gasteiger partial charge is 1.00 e. The molecule has 0 saturated heterocycles. The summed E-state index contributed by atoms with van der Waals surface area (Å²) in [5, 5.41) is 0. The predicted molar refractivity (Wildman–Crippen MR) is 11.5 cm³/mol. The molecule has 0 unspecified atom stereocenters. The maximum absolute atomic E-state index is 0. The molecule has 0 aromatic carbocycles. The third kappa shape index (κ3) is 4810. The van der Waals surface area contributed by atoms with Crippen LogP contribution in [0.4, 0.5) is 0 Å². The van der Waals surface area contributed by atoms with Crippen molar-refractivity contribution in [3.05, 3.63) is 0 Å². The second-order valence-electron chi connectivity index (χ2n) is 0. The monoisotopic (exact) mass is 188 g/mol. The van der Waals surface area contributed by atoms with Crippen LogP contribution >= 0.6 is 0 Å². The Morgan fingerprint density at radius 3 is 0.333 bits per heavy atom. The van der Waals surface area contributed by atoms with Gasteiger partial charge in [0.2, 0.25) is 0 Å². The van der Waals surface area contributed by atoms with Crippen LogP contribution in [0.5, 0.6) is 0 Å². The summed E-state index contributed by atoms with van der Waals surface area (Å²) < 4.78 is 0. The number of rotatable bonds is 0. The zero-order valence-corrected chi connectivity index (χ0v) is 5.88. The van der Waals surface area contributed by atoms with Crippen LogP contribution < -0.4 is 32.9 Å². The van der Waals surface area contributed by atoms with Crippen molar-refractivity contribution in [2.75, 3.05) is 0 Å². The van der Waals surface area contributed by atoms with E-state index in [9.17, 15) is 0 Å². The van der Waals surface area contributed by atoms with E-state index in [4.69, 9.17) is 0 Å². The second kappa shape index (κ2) is 6470. The minimum absolute atomic E-state index is 0. The Balaban J connectivity index is 0. The van der Waals surface area contributed by atoms with Gasteiger partial charge in [-0.15, -0.1) is 0 Å². The van der Waals surface area contributed by atoms with Crippen LogP contribution in [0.25, 0.3) is 0 Å². The first-order chi connectivity index (χ1) is 0. The molecule has 0 radical (unpaired) electrons. The molecule has 9 heavy (non-hydrogen) atoms. The molecule has 0 aliphatic rings. The molecule has 0 atom stereocenters. The third-order valence-electron chi connectivity index (χ3n) is 0. The topological polar surface area (TPSA) is 0 Å². The molecule has 0 saturated carbocycles. The van der Waals surface area contributed by atoms with Crippen molar-refractivity contribution in [2.24, 2.45) is 0 Å². The maximum Gasteiger partial charge on any atom is 4.00 e. The molecule has 0 aromatic heterocycles. The van der Waals surface area contributed by atoms with Gasteiger partial charge in [0, 0.05) is 0 Å². The minimum atomic E-state index is 0. The molecule has 0 spiro atoms. The predicted octanol–water partition coefficient (Wildman–Crippen LogP) is -21.7. The molecule has 0 amide bonds. The Morgan fingerprint density at radius 2 is 0.333 bits per heavy atom. The largest absolute Gasteiger partial charge is 4.00 e. The normalized spacial score (nSPS) is 0. The zero-order chi connectivity index (χ0) is 0. The zero-order valence-electron chi connectivity index (χ0n) is 3.72.